The van der Waals surface area contributed by atoms with Crippen LogP contribution in [0.1, 0.15) is 19.8 Å². The van der Waals surface area contributed by atoms with E-state index >= 15 is 0 Å². The van der Waals surface area contributed by atoms with Crippen LogP contribution < -0.4 is 5.73 Å². The fourth-order valence-corrected chi connectivity index (χ4v) is 3.61. The topological polar surface area (TPSA) is 72.6 Å². The van der Waals surface area contributed by atoms with E-state index in [2.05, 4.69) is 0 Å². The summed E-state index contributed by atoms with van der Waals surface area (Å²) in [6, 6.07) is 0. The Labute approximate surface area is 108 Å². The maximum Gasteiger partial charge on any atom is 0.216 e. The Morgan fingerprint density at radius 2 is 2.06 bits per heavy atom. The minimum absolute atomic E-state index is 0.107. The highest BCUT2D eigenvalue weighted by Crippen LogP contribution is 2.19. The summed E-state index contributed by atoms with van der Waals surface area (Å²) in [5, 5.41) is -0.334. The lowest BCUT2D eigenvalue weighted by Gasteiger charge is -2.28. The maximum atomic E-state index is 12.2. The molecule has 100 valence electrons. The molecule has 1 heterocycles. The van der Waals surface area contributed by atoms with Crippen molar-refractivity contribution in [3.63, 3.8) is 0 Å². The van der Waals surface area contributed by atoms with E-state index in [1.54, 1.807) is 7.05 Å². The van der Waals surface area contributed by atoms with Crippen LogP contribution in [0.5, 0.6) is 0 Å². The van der Waals surface area contributed by atoms with Gasteiger partial charge in [0.2, 0.25) is 10.0 Å². The highest BCUT2D eigenvalue weighted by Gasteiger charge is 2.32. The average molecular weight is 280 g/mol. The van der Waals surface area contributed by atoms with Gasteiger partial charge in [0.1, 0.15) is 0 Å². The molecule has 0 bridgehead atoms. The SMILES string of the molecule is CC(CN(C)S(=O)(=O)C1CCOCC1)C(N)=S. The van der Waals surface area contributed by atoms with Gasteiger partial charge in [0, 0.05) is 32.7 Å². The molecule has 0 radical (unpaired) electrons. The maximum absolute atomic E-state index is 12.2. The molecule has 1 atom stereocenters. The quantitative estimate of drug-likeness (QED) is 0.736. The van der Waals surface area contributed by atoms with Crippen molar-refractivity contribution in [1.29, 1.82) is 0 Å². The Morgan fingerprint density at radius 3 is 2.53 bits per heavy atom. The predicted molar refractivity (Wildman–Crippen MR) is 71.3 cm³/mol. The number of hydrogen-bond donors (Lipinski definition) is 1. The smallest absolute Gasteiger partial charge is 0.216 e. The third-order valence-electron chi connectivity index (χ3n) is 3.04. The summed E-state index contributed by atoms with van der Waals surface area (Å²) in [6.07, 6.45) is 1.13. The van der Waals surface area contributed by atoms with Crippen molar-refractivity contribution in [2.24, 2.45) is 11.7 Å². The second-order valence-electron chi connectivity index (χ2n) is 4.44. The summed E-state index contributed by atoms with van der Waals surface area (Å²) in [4.78, 5) is 0.346. The second kappa shape index (κ2) is 6.08. The number of sulfonamides is 1. The first kappa shape index (κ1) is 14.8. The average Bonchev–Trinajstić information content (AvgIpc) is 2.29. The first-order chi connectivity index (χ1) is 7.85. The molecule has 0 amide bonds. The number of thiocarbonyl (C=S) groups is 1. The van der Waals surface area contributed by atoms with Crippen molar-refractivity contribution in [2.45, 2.75) is 25.0 Å². The van der Waals surface area contributed by atoms with Gasteiger partial charge in [-0.2, -0.15) is 0 Å². The molecule has 0 aromatic rings. The van der Waals surface area contributed by atoms with Crippen molar-refractivity contribution in [1.82, 2.24) is 4.31 Å². The molecule has 5 nitrogen and oxygen atoms in total. The van der Waals surface area contributed by atoms with E-state index in [0.717, 1.165) is 0 Å². The summed E-state index contributed by atoms with van der Waals surface area (Å²) in [5.74, 6) is -0.107. The molecule has 1 rings (SSSR count). The number of nitrogens with zero attached hydrogens (tertiary/aromatic N) is 1. The second-order valence-corrected chi connectivity index (χ2v) is 7.23. The molecule has 1 unspecified atom stereocenters. The lowest BCUT2D eigenvalue weighted by molar-refractivity contribution is 0.0973. The van der Waals surface area contributed by atoms with Gasteiger partial charge in [0.25, 0.3) is 0 Å². The molecule has 17 heavy (non-hydrogen) atoms. The van der Waals surface area contributed by atoms with Gasteiger partial charge in [0.05, 0.1) is 10.2 Å². The van der Waals surface area contributed by atoms with Crippen LogP contribution in [-0.4, -0.2) is 49.8 Å². The molecule has 1 aliphatic heterocycles. The Balaban J connectivity index is 2.65. The van der Waals surface area contributed by atoms with Crippen LogP contribution in [0.4, 0.5) is 0 Å². The monoisotopic (exact) mass is 280 g/mol. The van der Waals surface area contributed by atoms with Crippen molar-refractivity contribution < 1.29 is 13.2 Å². The lowest BCUT2D eigenvalue weighted by atomic mass is 10.2. The van der Waals surface area contributed by atoms with Gasteiger partial charge in [-0.3, -0.25) is 0 Å². The van der Waals surface area contributed by atoms with Crippen LogP contribution in [-0.2, 0) is 14.8 Å². The number of rotatable bonds is 5. The van der Waals surface area contributed by atoms with Crippen LogP contribution in [0.25, 0.3) is 0 Å². The molecule has 7 heteroatoms. The molecule has 0 saturated carbocycles. The zero-order valence-corrected chi connectivity index (χ0v) is 11.9. The Morgan fingerprint density at radius 1 is 1.53 bits per heavy atom. The molecule has 1 fully saturated rings. The minimum atomic E-state index is -3.25. The van der Waals surface area contributed by atoms with Crippen molar-refractivity contribution in [3.8, 4) is 0 Å². The first-order valence-corrected chi connectivity index (χ1v) is 7.59. The van der Waals surface area contributed by atoms with E-state index in [1.165, 1.54) is 4.31 Å². The highest BCUT2D eigenvalue weighted by molar-refractivity contribution is 7.89. The normalized spacial score (nSPS) is 20.4. The fourth-order valence-electron chi connectivity index (χ4n) is 1.81. The molecule has 1 saturated heterocycles. The summed E-state index contributed by atoms with van der Waals surface area (Å²) < 4.78 is 31.0. The number of nitrogens with two attached hydrogens (primary N) is 1. The lowest BCUT2D eigenvalue weighted by Crippen LogP contribution is -2.42. The van der Waals surface area contributed by atoms with Gasteiger partial charge >= 0.3 is 0 Å². The predicted octanol–water partition coefficient (Wildman–Crippen LogP) is 0.349. The summed E-state index contributed by atoms with van der Waals surface area (Å²) in [5.41, 5.74) is 5.50. The Kier molecular flexibility index (Phi) is 5.30. The van der Waals surface area contributed by atoms with E-state index in [9.17, 15) is 8.42 Å². The third-order valence-corrected chi connectivity index (χ3v) is 5.77. The standard InChI is InChI=1S/C10H20N2O3S2/c1-8(10(11)16)7-12(2)17(13,14)9-3-5-15-6-4-9/h8-9H,3-7H2,1-2H3,(H2,11,16). The van der Waals surface area contributed by atoms with Gasteiger partial charge in [-0.15, -0.1) is 0 Å². The molecular formula is C10H20N2O3S2. The first-order valence-electron chi connectivity index (χ1n) is 5.68. The minimum Gasteiger partial charge on any atom is -0.393 e. The molecular weight excluding hydrogens is 260 g/mol. The van der Waals surface area contributed by atoms with Gasteiger partial charge in [-0.25, -0.2) is 12.7 Å². The van der Waals surface area contributed by atoms with E-state index in [0.29, 0.717) is 37.6 Å². The van der Waals surface area contributed by atoms with Crippen LogP contribution >= 0.6 is 12.2 Å². The van der Waals surface area contributed by atoms with Crippen LogP contribution in [0.2, 0.25) is 0 Å². The summed E-state index contributed by atoms with van der Waals surface area (Å²) >= 11 is 4.85. The highest BCUT2D eigenvalue weighted by atomic mass is 32.2. The Hall–Kier alpha value is -0.240. The van der Waals surface area contributed by atoms with E-state index in [1.807, 2.05) is 6.92 Å². The summed E-state index contributed by atoms with van der Waals surface area (Å²) in [6.45, 7) is 3.21. The van der Waals surface area contributed by atoms with Crippen LogP contribution in [0, 0.1) is 5.92 Å². The zero-order valence-electron chi connectivity index (χ0n) is 10.3. The fraction of sp³-hybridized carbons (Fsp3) is 0.900. The van der Waals surface area contributed by atoms with Crippen molar-refractivity contribution >= 4 is 27.2 Å². The van der Waals surface area contributed by atoms with Crippen molar-refractivity contribution in [2.75, 3.05) is 26.8 Å². The van der Waals surface area contributed by atoms with E-state index < -0.39 is 10.0 Å². The molecule has 1 aliphatic rings. The third kappa shape index (κ3) is 3.87. The number of ether oxygens (including phenoxy) is 1. The van der Waals surface area contributed by atoms with Gasteiger partial charge in [0.15, 0.2) is 0 Å². The molecule has 0 spiro atoms. The van der Waals surface area contributed by atoms with E-state index in [4.69, 9.17) is 22.7 Å². The molecule has 0 aromatic heterocycles. The molecule has 2 N–H and O–H groups in total. The Bertz CT molecular complexity index is 364. The van der Waals surface area contributed by atoms with Gasteiger partial charge in [-0.1, -0.05) is 19.1 Å². The zero-order chi connectivity index (χ0) is 13.1. The molecule has 0 aromatic carbocycles. The molecule has 0 aliphatic carbocycles. The van der Waals surface area contributed by atoms with Gasteiger partial charge in [-0.05, 0) is 12.8 Å². The van der Waals surface area contributed by atoms with Crippen molar-refractivity contribution in [3.05, 3.63) is 0 Å². The number of hydrogen-bond acceptors (Lipinski definition) is 4. The summed E-state index contributed by atoms with van der Waals surface area (Å²) in [7, 11) is -1.67. The van der Waals surface area contributed by atoms with E-state index in [-0.39, 0.29) is 11.2 Å². The van der Waals surface area contributed by atoms with Gasteiger partial charge < -0.3 is 10.5 Å². The largest absolute Gasteiger partial charge is 0.393 e. The van der Waals surface area contributed by atoms with Crippen LogP contribution in [0.15, 0.2) is 0 Å². The van der Waals surface area contributed by atoms with Crippen LogP contribution in [0.3, 0.4) is 0 Å².